The van der Waals surface area contributed by atoms with Gasteiger partial charge < -0.3 is 10.2 Å². The van der Waals surface area contributed by atoms with E-state index in [-0.39, 0.29) is 33.1 Å². The Morgan fingerprint density at radius 3 is 2.02 bits per heavy atom. The van der Waals surface area contributed by atoms with Gasteiger partial charge in [-0.25, -0.2) is 8.42 Å². The number of nitrogens with one attached hydrogen (secondary N) is 1. The summed E-state index contributed by atoms with van der Waals surface area (Å²) < 4.78 is 29.6. The highest BCUT2D eigenvalue weighted by molar-refractivity contribution is 9.10. The molecule has 214 valence electrons. The molecule has 0 unspecified atom stereocenters. The molecular weight excluding hydrogens is 637 g/mol. The number of rotatable bonds is 9. The molecule has 0 saturated heterocycles. The van der Waals surface area contributed by atoms with Gasteiger partial charge in [-0.1, -0.05) is 69.0 Å². The summed E-state index contributed by atoms with van der Waals surface area (Å²) in [6, 6.07) is 17.1. The van der Waals surface area contributed by atoms with E-state index in [0.29, 0.717) is 0 Å². The molecule has 1 N–H and O–H groups in total. The molecule has 3 aromatic rings. The average Bonchev–Trinajstić information content (AvgIpc) is 2.85. The summed E-state index contributed by atoms with van der Waals surface area (Å²) in [5.41, 5.74) is 1.25. The van der Waals surface area contributed by atoms with Crippen LogP contribution in [0.5, 0.6) is 0 Å². The van der Waals surface area contributed by atoms with Crippen molar-refractivity contribution in [2.24, 2.45) is 0 Å². The minimum atomic E-state index is -4.22. The zero-order chi connectivity index (χ0) is 29.8. The number of hydrogen-bond acceptors (Lipinski definition) is 4. The number of anilines is 1. The highest BCUT2D eigenvalue weighted by atomic mass is 79.9. The summed E-state index contributed by atoms with van der Waals surface area (Å²) in [6.07, 6.45) is 0. The van der Waals surface area contributed by atoms with E-state index in [2.05, 4.69) is 21.2 Å². The molecule has 0 spiro atoms. The molecule has 0 bridgehead atoms. The van der Waals surface area contributed by atoms with Crippen molar-refractivity contribution in [2.45, 2.75) is 57.6 Å². The van der Waals surface area contributed by atoms with Crippen LogP contribution in [-0.2, 0) is 26.2 Å². The lowest BCUT2D eigenvalue weighted by molar-refractivity contribution is -0.140. The van der Waals surface area contributed by atoms with E-state index in [1.807, 2.05) is 52.0 Å². The van der Waals surface area contributed by atoms with Gasteiger partial charge in [0.25, 0.3) is 10.0 Å². The van der Waals surface area contributed by atoms with Crippen LogP contribution in [0.1, 0.15) is 38.8 Å². The van der Waals surface area contributed by atoms with E-state index < -0.39 is 34.1 Å². The Morgan fingerprint density at radius 1 is 0.950 bits per heavy atom. The van der Waals surface area contributed by atoms with Gasteiger partial charge in [-0.15, -0.1) is 0 Å². The first kappa shape index (κ1) is 31.9. The molecule has 7 nitrogen and oxygen atoms in total. The highest BCUT2D eigenvalue weighted by Gasteiger charge is 2.33. The average molecular weight is 669 g/mol. The number of carbonyl (C=O) groups excluding carboxylic acids is 2. The fourth-order valence-corrected chi connectivity index (χ4v) is 6.07. The van der Waals surface area contributed by atoms with Crippen LogP contribution < -0.4 is 9.62 Å². The predicted octanol–water partition coefficient (Wildman–Crippen LogP) is 6.59. The van der Waals surface area contributed by atoms with Gasteiger partial charge in [-0.2, -0.15) is 0 Å². The normalized spacial score (nSPS) is 12.5. The van der Waals surface area contributed by atoms with Crippen molar-refractivity contribution >= 4 is 66.7 Å². The number of hydrogen-bond donors (Lipinski definition) is 1. The number of amides is 2. The summed E-state index contributed by atoms with van der Waals surface area (Å²) in [5, 5.41) is 3.33. The van der Waals surface area contributed by atoms with Crippen LogP contribution in [0.25, 0.3) is 0 Å². The number of aryl methyl sites for hydroxylation is 1. The van der Waals surface area contributed by atoms with Crippen molar-refractivity contribution in [3.63, 3.8) is 0 Å². The molecule has 0 radical (unpaired) electrons. The zero-order valence-corrected chi connectivity index (χ0v) is 26.8. The van der Waals surface area contributed by atoms with Gasteiger partial charge in [-0.3, -0.25) is 13.9 Å². The monoisotopic (exact) mass is 667 g/mol. The Balaban J connectivity index is 2.07. The molecule has 0 aliphatic carbocycles. The highest BCUT2D eigenvalue weighted by Crippen LogP contribution is 2.30. The van der Waals surface area contributed by atoms with Gasteiger partial charge in [0.05, 0.1) is 10.6 Å². The van der Waals surface area contributed by atoms with Crippen LogP contribution in [0.2, 0.25) is 10.0 Å². The first-order chi connectivity index (χ1) is 18.6. The first-order valence-corrected chi connectivity index (χ1v) is 15.5. The van der Waals surface area contributed by atoms with Crippen molar-refractivity contribution in [3.8, 4) is 0 Å². The lowest BCUT2D eigenvalue weighted by atomic mass is 10.1. The van der Waals surface area contributed by atoms with Gasteiger partial charge in [0.1, 0.15) is 12.6 Å². The number of benzene rings is 3. The van der Waals surface area contributed by atoms with E-state index in [1.54, 1.807) is 19.1 Å². The molecule has 3 rings (SSSR count). The van der Waals surface area contributed by atoms with Crippen LogP contribution in [0, 0.1) is 6.92 Å². The predicted molar refractivity (Wildman–Crippen MR) is 164 cm³/mol. The molecule has 40 heavy (non-hydrogen) atoms. The summed E-state index contributed by atoms with van der Waals surface area (Å²) in [4.78, 5) is 28.5. The van der Waals surface area contributed by atoms with Gasteiger partial charge in [0, 0.05) is 26.6 Å². The van der Waals surface area contributed by atoms with E-state index >= 15 is 0 Å². The Morgan fingerprint density at radius 2 is 1.50 bits per heavy atom. The fourth-order valence-electron chi connectivity index (χ4n) is 3.89. The molecule has 0 aliphatic rings. The number of carbonyl (C=O) groups is 2. The third-order valence-corrected chi connectivity index (χ3v) is 8.71. The van der Waals surface area contributed by atoms with Crippen LogP contribution >= 0.6 is 39.1 Å². The molecular formula is C29H32BrCl2N3O4S. The summed E-state index contributed by atoms with van der Waals surface area (Å²) in [6.45, 7) is 8.49. The third kappa shape index (κ3) is 8.46. The second-order valence-electron chi connectivity index (χ2n) is 10.5. The van der Waals surface area contributed by atoms with Crippen molar-refractivity contribution in [2.75, 3.05) is 10.8 Å². The summed E-state index contributed by atoms with van der Waals surface area (Å²) >= 11 is 15.9. The largest absolute Gasteiger partial charge is 0.350 e. The van der Waals surface area contributed by atoms with Gasteiger partial charge >= 0.3 is 0 Å². The lowest BCUT2D eigenvalue weighted by Gasteiger charge is -2.33. The van der Waals surface area contributed by atoms with Crippen molar-refractivity contribution in [1.82, 2.24) is 10.2 Å². The van der Waals surface area contributed by atoms with Crippen LogP contribution in [0.3, 0.4) is 0 Å². The first-order valence-electron chi connectivity index (χ1n) is 12.5. The second-order valence-corrected chi connectivity index (χ2v) is 14.2. The van der Waals surface area contributed by atoms with E-state index in [9.17, 15) is 18.0 Å². The van der Waals surface area contributed by atoms with Gasteiger partial charge in [-0.05, 0) is 82.6 Å². The third-order valence-electron chi connectivity index (χ3n) is 5.95. The maximum atomic E-state index is 14.0. The molecule has 0 aromatic heterocycles. The number of sulfonamides is 1. The SMILES string of the molecule is Cc1ccc(S(=O)(=O)N(CC(=O)N(Cc2ccc(Br)cc2)[C@@H](C)C(=O)NC(C)(C)C)c2cc(Cl)cc(Cl)c2)cc1. The van der Waals surface area contributed by atoms with E-state index in [0.717, 1.165) is 19.9 Å². The summed E-state index contributed by atoms with van der Waals surface area (Å²) in [7, 11) is -4.22. The van der Waals surface area contributed by atoms with Crippen LogP contribution in [0.4, 0.5) is 5.69 Å². The van der Waals surface area contributed by atoms with Gasteiger partial charge in [0.2, 0.25) is 11.8 Å². The molecule has 0 fully saturated rings. The molecule has 0 saturated carbocycles. The van der Waals surface area contributed by atoms with Gasteiger partial charge in [0.15, 0.2) is 0 Å². The van der Waals surface area contributed by atoms with E-state index in [1.165, 1.54) is 35.2 Å². The van der Waals surface area contributed by atoms with Crippen molar-refractivity contribution in [1.29, 1.82) is 0 Å². The Bertz CT molecular complexity index is 1450. The Hall–Kier alpha value is -2.59. The molecule has 3 aromatic carbocycles. The minimum absolute atomic E-state index is 0.0000170. The van der Waals surface area contributed by atoms with Crippen LogP contribution in [0.15, 0.2) is 76.1 Å². The lowest BCUT2D eigenvalue weighted by Crippen LogP contribution is -2.54. The maximum absolute atomic E-state index is 14.0. The van der Waals surface area contributed by atoms with E-state index in [4.69, 9.17) is 23.2 Å². The fraction of sp³-hybridized carbons (Fsp3) is 0.310. The Labute approximate surface area is 254 Å². The number of halogens is 3. The molecule has 0 heterocycles. The second kappa shape index (κ2) is 12.9. The number of nitrogens with zero attached hydrogens (tertiary/aromatic N) is 2. The van der Waals surface area contributed by atoms with Crippen LogP contribution in [-0.4, -0.2) is 43.3 Å². The smallest absolute Gasteiger partial charge is 0.264 e. The summed E-state index contributed by atoms with van der Waals surface area (Å²) in [5.74, 6) is -0.942. The molecule has 2 amide bonds. The quantitative estimate of drug-likeness (QED) is 0.279. The molecule has 1 atom stereocenters. The molecule has 11 heteroatoms. The van der Waals surface area contributed by atoms with Crippen molar-refractivity contribution in [3.05, 3.63) is 92.4 Å². The maximum Gasteiger partial charge on any atom is 0.264 e. The van der Waals surface area contributed by atoms with Crippen molar-refractivity contribution < 1.29 is 18.0 Å². The molecule has 0 aliphatic heterocycles. The standard InChI is InChI=1S/C29H32BrCl2N3O4S/c1-19-6-12-26(13-7-19)40(38,39)35(25-15-23(31)14-24(32)16-25)18-27(36)34(17-21-8-10-22(30)11-9-21)20(2)28(37)33-29(3,4)5/h6-16,20H,17-18H2,1-5H3,(H,33,37)/t20-/m0/s1. The topological polar surface area (TPSA) is 86.8 Å². The minimum Gasteiger partial charge on any atom is -0.350 e. The Kier molecular flexibility index (Phi) is 10.3. The zero-order valence-electron chi connectivity index (χ0n) is 22.9.